The lowest BCUT2D eigenvalue weighted by Gasteiger charge is -2.41. The van der Waals surface area contributed by atoms with Gasteiger partial charge in [0.2, 0.25) is 10.0 Å². The van der Waals surface area contributed by atoms with Crippen molar-refractivity contribution in [3.63, 3.8) is 0 Å². The molecule has 7 rings (SSSR count). The molecule has 12 nitrogen and oxygen atoms in total. The highest BCUT2D eigenvalue weighted by molar-refractivity contribution is 7.92. The summed E-state index contributed by atoms with van der Waals surface area (Å²) in [6.45, 7) is 3.91. The molecule has 5 heterocycles. The van der Waals surface area contributed by atoms with Gasteiger partial charge in [0.15, 0.2) is 0 Å². The number of carbonyl (C=O) groups excluding carboxylic acids is 1. The van der Waals surface area contributed by atoms with Crippen LogP contribution in [-0.2, 0) is 10.0 Å². The summed E-state index contributed by atoms with van der Waals surface area (Å²) in [5, 5.41) is 5.02. The van der Waals surface area contributed by atoms with Crippen LogP contribution < -0.4 is 20.4 Å². The number of hydrogen-bond donors (Lipinski definition) is 5. The summed E-state index contributed by atoms with van der Waals surface area (Å²) in [6, 6.07) is 16.7. The average molecular weight is 596 g/mol. The topological polar surface area (TPSA) is 153 Å². The van der Waals surface area contributed by atoms with Crippen LogP contribution in [-0.4, -0.2) is 57.4 Å². The van der Waals surface area contributed by atoms with Crippen molar-refractivity contribution in [1.82, 2.24) is 24.6 Å². The summed E-state index contributed by atoms with van der Waals surface area (Å²) in [4.78, 5) is 31.1. The number of anilines is 3. The molecule has 0 fully saturated rings. The minimum absolute atomic E-state index is 0.105. The minimum atomic E-state index is -3.51. The van der Waals surface area contributed by atoms with Crippen molar-refractivity contribution in [3.05, 3.63) is 90.8 Å². The molecule has 5 N–H and O–H groups in total. The van der Waals surface area contributed by atoms with E-state index in [0.29, 0.717) is 22.8 Å². The number of amides is 1. The van der Waals surface area contributed by atoms with Crippen LogP contribution in [0.3, 0.4) is 0 Å². The Morgan fingerprint density at radius 2 is 1.86 bits per heavy atom. The van der Waals surface area contributed by atoms with Crippen LogP contribution in [0.5, 0.6) is 0 Å². The van der Waals surface area contributed by atoms with E-state index in [9.17, 15) is 13.2 Å². The highest BCUT2D eigenvalue weighted by Gasteiger charge is 2.37. The number of aryl methyl sites for hydroxylation is 1. The summed E-state index contributed by atoms with van der Waals surface area (Å²) in [5.74, 6) is 0.459. The predicted molar refractivity (Wildman–Crippen MR) is 168 cm³/mol. The van der Waals surface area contributed by atoms with Crippen LogP contribution in [0.1, 0.15) is 23.0 Å². The van der Waals surface area contributed by atoms with Gasteiger partial charge in [-0.3, -0.25) is 19.1 Å². The second-order valence-electron chi connectivity index (χ2n) is 10.7. The number of fused-ring (bicyclic) bond motifs is 3. The number of benzene rings is 2. The highest BCUT2D eigenvalue weighted by atomic mass is 32.2. The summed E-state index contributed by atoms with van der Waals surface area (Å²) in [5.41, 5.74) is 9.13. The molecular formula is C30H29N9O3S. The molecular weight excluding hydrogens is 566 g/mol. The summed E-state index contributed by atoms with van der Waals surface area (Å²) >= 11 is 0. The molecule has 13 heteroatoms. The molecule has 0 spiro atoms. The number of nitrogens with zero attached hydrogens (tertiary/aromatic N) is 4. The van der Waals surface area contributed by atoms with Gasteiger partial charge in [-0.2, -0.15) is 0 Å². The lowest BCUT2D eigenvalue weighted by atomic mass is 10.0. The molecule has 4 aromatic heterocycles. The van der Waals surface area contributed by atoms with Crippen molar-refractivity contribution in [2.45, 2.75) is 26.1 Å². The highest BCUT2D eigenvalue weighted by Crippen LogP contribution is 2.37. The van der Waals surface area contributed by atoms with Crippen molar-refractivity contribution < 1.29 is 13.2 Å². The molecule has 0 saturated carbocycles. The van der Waals surface area contributed by atoms with Gasteiger partial charge >= 0.3 is 0 Å². The second kappa shape index (κ2) is 9.91. The molecule has 2 atom stereocenters. The Morgan fingerprint density at radius 3 is 2.65 bits per heavy atom. The Balaban J connectivity index is 1.30. The lowest BCUT2D eigenvalue weighted by Crippen LogP contribution is -2.59. The standard InChI is InChI=1S/C30H29N9O3S/c1-17-10-12-38-26(17)30(40)39(20-7-5-4-6-8-20)29(36-38)18(2)35-28-25-22(15-32-27(25)33-16-34-28)19-13-23-21(9-11-31-23)24(14-19)37-43(3,41)42/h4-16,18,29,31,36-37H,1-3H3,(H2,32,33,34,35)/t18-,29?/m0/s1. The van der Waals surface area contributed by atoms with Gasteiger partial charge < -0.3 is 20.7 Å². The number of H-pyrrole nitrogens is 2. The predicted octanol–water partition coefficient (Wildman–Crippen LogP) is 4.62. The van der Waals surface area contributed by atoms with Gasteiger partial charge in [-0.15, -0.1) is 0 Å². The number of aromatic amines is 2. The van der Waals surface area contributed by atoms with E-state index in [4.69, 9.17) is 0 Å². The Hall–Kier alpha value is -5.30. The molecule has 6 aromatic rings. The average Bonchev–Trinajstić information content (AvgIpc) is 3.71. The second-order valence-corrected chi connectivity index (χ2v) is 12.5. The number of rotatable bonds is 7. The largest absolute Gasteiger partial charge is 0.363 e. The zero-order chi connectivity index (χ0) is 29.9. The van der Waals surface area contributed by atoms with E-state index in [1.54, 1.807) is 21.8 Å². The van der Waals surface area contributed by atoms with Gasteiger partial charge in [0.25, 0.3) is 5.91 Å². The first kappa shape index (κ1) is 26.6. The van der Waals surface area contributed by atoms with Crippen LogP contribution >= 0.6 is 0 Å². The van der Waals surface area contributed by atoms with Crippen molar-refractivity contribution in [1.29, 1.82) is 0 Å². The van der Waals surface area contributed by atoms with E-state index in [1.165, 1.54) is 6.33 Å². The molecule has 0 radical (unpaired) electrons. The Morgan fingerprint density at radius 1 is 1.05 bits per heavy atom. The maximum Gasteiger partial charge on any atom is 0.278 e. The third-order valence-electron chi connectivity index (χ3n) is 7.68. The van der Waals surface area contributed by atoms with Gasteiger partial charge in [-0.1, -0.05) is 18.2 Å². The van der Waals surface area contributed by atoms with E-state index >= 15 is 0 Å². The van der Waals surface area contributed by atoms with Crippen LogP contribution in [0.25, 0.3) is 33.1 Å². The first-order valence-corrected chi connectivity index (χ1v) is 15.6. The maximum atomic E-state index is 13.8. The molecule has 0 aliphatic carbocycles. The Kier molecular flexibility index (Phi) is 6.13. The van der Waals surface area contributed by atoms with Crippen molar-refractivity contribution in [3.8, 4) is 11.1 Å². The van der Waals surface area contributed by atoms with Crippen molar-refractivity contribution >= 4 is 55.1 Å². The zero-order valence-electron chi connectivity index (χ0n) is 23.6. The molecule has 43 heavy (non-hydrogen) atoms. The molecule has 1 unspecified atom stereocenters. The SMILES string of the molecule is Cc1ccn2c1C(=O)N(c1ccccc1)C([C@H](C)Nc1ncnc3[nH]cc(-c4cc(NS(C)(=O)=O)c5cc[nH]c5c4)c13)N2. The number of nitrogens with one attached hydrogen (secondary N) is 5. The normalized spacial score (nSPS) is 15.8. The fourth-order valence-corrected chi connectivity index (χ4v) is 6.32. The molecule has 0 bridgehead atoms. The quantitative estimate of drug-likeness (QED) is 0.181. The number of para-hydroxylation sites is 1. The molecule has 2 aromatic carbocycles. The van der Waals surface area contributed by atoms with Crippen molar-refractivity contribution in [2.75, 3.05) is 26.6 Å². The smallest absolute Gasteiger partial charge is 0.278 e. The monoisotopic (exact) mass is 595 g/mol. The zero-order valence-corrected chi connectivity index (χ0v) is 24.4. The summed E-state index contributed by atoms with van der Waals surface area (Å²) in [6.07, 6.45) is 7.59. The fraction of sp³-hybridized carbons (Fsp3) is 0.167. The van der Waals surface area contributed by atoms with E-state index in [-0.39, 0.29) is 11.9 Å². The van der Waals surface area contributed by atoms with E-state index in [2.05, 4.69) is 35.4 Å². The van der Waals surface area contributed by atoms with Gasteiger partial charge in [-0.05, 0) is 61.4 Å². The van der Waals surface area contributed by atoms with Gasteiger partial charge in [0, 0.05) is 40.7 Å². The van der Waals surface area contributed by atoms with Crippen LogP contribution in [0.2, 0.25) is 0 Å². The molecule has 1 amide bonds. The molecule has 1 aliphatic heterocycles. The Bertz CT molecular complexity index is 2110. The number of sulfonamides is 1. The summed E-state index contributed by atoms with van der Waals surface area (Å²) < 4.78 is 28.7. The molecule has 1 aliphatic rings. The Labute approximate surface area is 247 Å². The van der Waals surface area contributed by atoms with Gasteiger partial charge in [0.1, 0.15) is 29.7 Å². The number of carbonyl (C=O) groups is 1. The minimum Gasteiger partial charge on any atom is -0.363 e. The number of aromatic nitrogens is 5. The van der Waals surface area contributed by atoms with Gasteiger partial charge in [-0.25, -0.2) is 18.4 Å². The van der Waals surface area contributed by atoms with Crippen LogP contribution in [0.15, 0.2) is 79.5 Å². The maximum absolute atomic E-state index is 13.8. The fourth-order valence-electron chi connectivity index (χ4n) is 5.75. The lowest BCUT2D eigenvalue weighted by molar-refractivity contribution is 0.0954. The van der Waals surface area contributed by atoms with E-state index in [1.807, 2.05) is 74.8 Å². The third-order valence-corrected chi connectivity index (χ3v) is 8.27. The first-order valence-electron chi connectivity index (χ1n) is 13.7. The van der Waals surface area contributed by atoms with Crippen LogP contribution in [0.4, 0.5) is 17.2 Å². The molecule has 218 valence electrons. The van der Waals surface area contributed by atoms with E-state index < -0.39 is 16.2 Å². The van der Waals surface area contributed by atoms with Gasteiger partial charge in [0.05, 0.1) is 23.4 Å². The van der Waals surface area contributed by atoms with Crippen LogP contribution in [0, 0.1) is 6.92 Å². The molecule has 0 saturated heterocycles. The third kappa shape index (κ3) is 4.63. The number of hydrogen-bond acceptors (Lipinski definition) is 7. The summed E-state index contributed by atoms with van der Waals surface area (Å²) in [7, 11) is -3.51. The van der Waals surface area contributed by atoms with Crippen molar-refractivity contribution in [2.24, 2.45) is 0 Å². The first-order chi connectivity index (χ1) is 20.7. The van der Waals surface area contributed by atoms with E-state index in [0.717, 1.165) is 44.9 Å².